The fourth-order valence-corrected chi connectivity index (χ4v) is 4.42. The van der Waals surface area contributed by atoms with Gasteiger partial charge in [0.2, 0.25) is 10.0 Å². The fraction of sp³-hybridized carbons (Fsp3) is 0.588. The largest absolute Gasteiger partial charge is 0.357 e. The van der Waals surface area contributed by atoms with Crippen LogP contribution in [0.1, 0.15) is 58.1 Å². The maximum absolute atomic E-state index is 12.3. The number of aromatic nitrogens is 2. The van der Waals surface area contributed by atoms with Crippen molar-refractivity contribution in [2.45, 2.75) is 63.2 Å². The first kappa shape index (κ1) is 17.7. The zero-order chi connectivity index (χ0) is 17.5. The minimum atomic E-state index is -3.29. The molecule has 2 aromatic heterocycles. The maximum atomic E-state index is 12.3. The van der Waals surface area contributed by atoms with Gasteiger partial charge in [0.25, 0.3) is 0 Å². The Hall–Kier alpha value is -1.11. The van der Waals surface area contributed by atoms with Crippen LogP contribution < -0.4 is 4.72 Å². The first-order valence-corrected chi connectivity index (χ1v) is 10.2. The van der Waals surface area contributed by atoms with Crippen LogP contribution in [0.5, 0.6) is 0 Å². The van der Waals surface area contributed by atoms with Crippen molar-refractivity contribution in [3.63, 3.8) is 0 Å². The zero-order valence-electron chi connectivity index (χ0n) is 14.3. The van der Waals surface area contributed by atoms with Crippen LogP contribution in [0.4, 0.5) is 0 Å². The SMILES string of the molecule is CC(C)(C)S(=O)(=O)N[C@H]1CC[C@H](c2cc3c(Cl)cncc3[nH]2)CC1. The van der Waals surface area contributed by atoms with Gasteiger partial charge < -0.3 is 4.98 Å². The molecule has 0 unspecified atom stereocenters. The van der Waals surface area contributed by atoms with E-state index in [-0.39, 0.29) is 6.04 Å². The predicted molar refractivity (Wildman–Crippen MR) is 97.9 cm³/mol. The summed E-state index contributed by atoms with van der Waals surface area (Å²) in [5, 5.41) is 1.65. The van der Waals surface area contributed by atoms with E-state index < -0.39 is 14.8 Å². The minimum Gasteiger partial charge on any atom is -0.357 e. The van der Waals surface area contributed by atoms with Gasteiger partial charge in [0.05, 0.1) is 21.5 Å². The lowest BCUT2D eigenvalue weighted by Crippen LogP contribution is -2.45. The third-order valence-corrected chi connectivity index (χ3v) is 7.37. The Labute approximate surface area is 148 Å². The molecule has 24 heavy (non-hydrogen) atoms. The Bertz CT molecular complexity index is 831. The summed E-state index contributed by atoms with van der Waals surface area (Å²) >= 11 is 6.19. The summed E-state index contributed by atoms with van der Waals surface area (Å²) in [5.41, 5.74) is 2.12. The number of fused-ring (bicyclic) bond motifs is 1. The van der Waals surface area contributed by atoms with Gasteiger partial charge in [-0.15, -0.1) is 0 Å². The lowest BCUT2D eigenvalue weighted by molar-refractivity contribution is 0.368. The third kappa shape index (κ3) is 3.46. The molecule has 0 spiro atoms. The second kappa shape index (κ2) is 6.32. The fourth-order valence-electron chi connectivity index (χ4n) is 3.18. The smallest absolute Gasteiger partial charge is 0.216 e. The van der Waals surface area contributed by atoms with Crippen molar-refractivity contribution in [3.8, 4) is 0 Å². The second-order valence-corrected chi connectivity index (χ2v) is 10.5. The van der Waals surface area contributed by atoms with Gasteiger partial charge in [-0.1, -0.05) is 11.6 Å². The predicted octanol–water partition coefficient (Wildman–Crippen LogP) is 3.96. The van der Waals surface area contributed by atoms with E-state index in [9.17, 15) is 8.42 Å². The monoisotopic (exact) mass is 369 g/mol. The van der Waals surface area contributed by atoms with Crippen LogP contribution in [0.15, 0.2) is 18.5 Å². The Morgan fingerprint density at radius 2 is 1.88 bits per heavy atom. The van der Waals surface area contributed by atoms with Crippen molar-refractivity contribution in [3.05, 3.63) is 29.2 Å². The van der Waals surface area contributed by atoms with Crippen LogP contribution in [0.25, 0.3) is 10.9 Å². The van der Waals surface area contributed by atoms with Crippen LogP contribution >= 0.6 is 11.6 Å². The molecule has 2 heterocycles. The molecule has 1 aliphatic carbocycles. The van der Waals surface area contributed by atoms with Gasteiger partial charge in [0.1, 0.15) is 0 Å². The van der Waals surface area contributed by atoms with E-state index in [0.717, 1.165) is 42.3 Å². The summed E-state index contributed by atoms with van der Waals surface area (Å²) in [7, 11) is -3.29. The molecular formula is C17H24ClN3O2S. The molecule has 0 aliphatic heterocycles. The van der Waals surface area contributed by atoms with E-state index in [1.807, 2.05) is 0 Å². The van der Waals surface area contributed by atoms with Gasteiger partial charge in [-0.2, -0.15) is 0 Å². The molecule has 2 aromatic rings. The van der Waals surface area contributed by atoms with Crippen LogP contribution in [0, 0.1) is 0 Å². The summed E-state index contributed by atoms with van der Waals surface area (Å²) in [6, 6.07) is 2.13. The van der Waals surface area contributed by atoms with E-state index in [1.165, 1.54) is 0 Å². The first-order chi connectivity index (χ1) is 11.2. The highest BCUT2D eigenvalue weighted by molar-refractivity contribution is 7.90. The third-order valence-electron chi connectivity index (χ3n) is 4.81. The van der Waals surface area contributed by atoms with Crippen LogP contribution in [-0.2, 0) is 10.0 Å². The molecule has 0 atom stereocenters. The van der Waals surface area contributed by atoms with E-state index in [0.29, 0.717) is 10.9 Å². The quantitative estimate of drug-likeness (QED) is 0.859. The Morgan fingerprint density at radius 3 is 2.46 bits per heavy atom. The Kier molecular flexibility index (Phi) is 4.66. The van der Waals surface area contributed by atoms with Crippen molar-refractivity contribution in [1.82, 2.24) is 14.7 Å². The lowest BCUT2D eigenvalue weighted by Gasteiger charge is -2.31. The Morgan fingerprint density at radius 1 is 1.21 bits per heavy atom. The maximum Gasteiger partial charge on any atom is 0.216 e. The van der Waals surface area contributed by atoms with Crippen LogP contribution in [0.3, 0.4) is 0 Å². The highest BCUT2D eigenvalue weighted by Crippen LogP contribution is 2.35. The zero-order valence-corrected chi connectivity index (χ0v) is 15.8. The summed E-state index contributed by atoms with van der Waals surface area (Å²) < 4.78 is 26.7. The van der Waals surface area contributed by atoms with Gasteiger partial charge in [0, 0.05) is 23.3 Å². The molecule has 0 saturated heterocycles. The topological polar surface area (TPSA) is 74.8 Å². The number of sulfonamides is 1. The summed E-state index contributed by atoms with van der Waals surface area (Å²) in [6.45, 7) is 5.18. The van der Waals surface area contributed by atoms with E-state index in [2.05, 4.69) is 20.8 Å². The minimum absolute atomic E-state index is 0.0279. The van der Waals surface area contributed by atoms with Crippen molar-refractivity contribution in [2.24, 2.45) is 0 Å². The molecule has 5 nitrogen and oxygen atoms in total. The molecule has 132 valence electrons. The van der Waals surface area contributed by atoms with E-state index in [1.54, 1.807) is 33.2 Å². The molecule has 1 saturated carbocycles. The van der Waals surface area contributed by atoms with E-state index in [4.69, 9.17) is 11.6 Å². The van der Waals surface area contributed by atoms with Crippen LogP contribution in [0.2, 0.25) is 5.02 Å². The average molecular weight is 370 g/mol. The first-order valence-electron chi connectivity index (χ1n) is 8.31. The van der Waals surface area contributed by atoms with Gasteiger partial charge in [0.15, 0.2) is 0 Å². The molecule has 1 aliphatic rings. The van der Waals surface area contributed by atoms with Crippen molar-refractivity contribution >= 4 is 32.5 Å². The highest BCUT2D eigenvalue weighted by atomic mass is 35.5. The number of halogens is 1. The van der Waals surface area contributed by atoms with Crippen molar-refractivity contribution in [1.29, 1.82) is 0 Å². The number of rotatable bonds is 3. The van der Waals surface area contributed by atoms with Gasteiger partial charge in [-0.3, -0.25) is 4.98 Å². The molecule has 0 radical (unpaired) electrons. The molecule has 1 fully saturated rings. The van der Waals surface area contributed by atoms with Gasteiger partial charge in [-0.05, 0) is 58.4 Å². The number of hydrogen-bond acceptors (Lipinski definition) is 3. The number of nitrogens with one attached hydrogen (secondary N) is 2. The van der Waals surface area contributed by atoms with Gasteiger partial charge in [-0.25, -0.2) is 13.1 Å². The summed E-state index contributed by atoms with van der Waals surface area (Å²) in [6.07, 6.45) is 7.04. The normalized spacial score (nSPS) is 22.8. The van der Waals surface area contributed by atoms with Gasteiger partial charge >= 0.3 is 0 Å². The highest BCUT2D eigenvalue weighted by Gasteiger charge is 2.33. The molecular weight excluding hydrogens is 346 g/mol. The molecule has 7 heteroatoms. The number of nitrogens with zero attached hydrogens (tertiary/aromatic N) is 1. The van der Waals surface area contributed by atoms with Crippen molar-refractivity contribution in [2.75, 3.05) is 0 Å². The average Bonchev–Trinajstić information content (AvgIpc) is 2.92. The standard InChI is InChI=1S/C17H24ClN3O2S/c1-17(2,3)24(22,23)21-12-6-4-11(5-7-12)15-8-13-14(18)9-19-10-16(13)20-15/h8-12,20-21H,4-7H2,1-3H3/t11-,12-. The molecule has 3 rings (SSSR count). The van der Waals surface area contributed by atoms with E-state index >= 15 is 0 Å². The number of H-pyrrole nitrogens is 1. The summed E-state index contributed by atoms with van der Waals surface area (Å²) in [5.74, 6) is 0.406. The number of aromatic amines is 1. The molecule has 0 amide bonds. The second-order valence-electron chi connectivity index (χ2n) is 7.59. The van der Waals surface area contributed by atoms with Crippen LogP contribution in [-0.4, -0.2) is 29.2 Å². The number of hydrogen-bond donors (Lipinski definition) is 2. The number of pyridine rings is 1. The lowest BCUT2D eigenvalue weighted by atomic mass is 9.84. The Balaban J connectivity index is 1.67. The van der Waals surface area contributed by atoms with Crippen molar-refractivity contribution < 1.29 is 8.42 Å². The molecule has 2 N–H and O–H groups in total. The molecule has 0 bridgehead atoms. The molecule has 0 aromatic carbocycles. The summed E-state index contributed by atoms with van der Waals surface area (Å²) in [4.78, 5) is 7.51.